The van der Waals surface area contributed by atoms with Gasteiger partial charge in [0.25, 0.3) is 0 Å². The Labute approximate surface area is 180 Å². The largest absolute Gasteiger partial charge is 0.427 e. The highest BCUT2D eigenvalue weighted by atomic mass is 31.2. The van der Waals surface area contributed by atoms with Crippen molar-refractivity contribution < 1.29 is 9.09 Å². The van der Waals surface area contributed by atoms with Crippen LogP contribution in [0.5, 0.6) is 5.75 Å². The second kappa shape index (κ2) is 6.88. The molecule has 0 N–H and O–H groups in total. The van der Waals surface area contributed by atoms with Crippen molar-refractivity contribution in [3.63, 3.8) is 0 Å². The Bertz CT molecular complexity index is 1510. The highest BCUT2D eigenvalue weighted by Gasteiger charge is 2.31. The van der Waals surface area contributed by atoms with Crippen LogP contribution in [0.1, 0.15) is 0 Å². The molecule has 0 aliphatic rings. The van der Waals surface area contributed by atoms with E-state index in [2.05, 4.69) is 48.5 Å². The first-order chi connectivity index (χ1) is 15.2. The molecular formula is C28H17O2P. The average Bonchev–Trinajstić information content (AvgIpc) is 2.84. The van der Waals surface area contributed by atoms with Crippen LogP contribution in [0.3, 0.4) is 0 Å². The second-order valence-corrected chi connectivity index (χ2v) is 9.89. The summed E-state index contributed by atoms with van der Waals surface area (Å²) in [5, 5.41) is 7.73. The third-order valence-corrected chi connectivity index (χ3v) is 8.14. The van der Waals surface area contributed by atoms with Crippen LogP contribution in [-0.4, -0.2) is 0 Å². The Hall–Kier alpha value is -3.79. The topological polar surface area (TPSA) is 26.3 Å². The van der Waals surface area contributed by atoms with Crippen LogP contribution in [0.15, 0.2) is 103 Å². The predicted octanol–water partition coefficient (Wildman–Crippen LogP) is 6.49. The second-order valence-electron chi connectivity index (χ2n) is 7.57. The molecule has 31 heavy (non-hydrogen) atoms. The molecule has 0 spiro atoms. The van der Waals surface area contributed by atoms with Gasteiger partial charge in [-0.05, 0) is 58.6 Å². The normalized spacial score (nSPS) is 11.7. The summed E-state index contributed by atoms with van der Waals surface area (Å²) in [4.78, 5) is 0. The van der Waals surface area contributed by atoms with E-state index in [0.717, 1.165) is 26.9 Å². The Kier molecular flexibility index (Phi) is 4.00. The molecule has 0 atom stereocenters. The van der Waals surface area contributed by atoms with Crippen molar-refractivity contribution in [1.29, 1.82) is 0 Å². The molecule has 0 amide bonds. The quantitative estimate of drug-likeness (QED) is 0.307. The molecule has 2 nitrogen and oxygen atoms in total. The maximum Gasteiger partial charge on any atom is 0.307 e. The van der Waals surface area contributed by atoms with Gasteiger partial charge in [-0.3, -0.25) is 4.57 Å². The molecule has 0 aliphatic heterocycles. The molecule has 3 heteroatoms. The van der Waals surface area contributed by atoms with Gasteiger partial charge in [0.05, 0.1) is 10.6 Å². The zero-order valence-corrected chi connectivity index (χ0v) is 17.5. The fourth-order valence-electron chi connectivity index (χ4n) is 4.27. The summed E-state index contributed by atoms with van der Waals surface area (Å²) in [6.07, 6.45) is 0. The first-order valence-corrected chi connectivity index (χ1v) is 11.8. The summed E-state index contributed by atoms with van der Waals surface area (Å²) >= 11 is 0. The summed E-state index contributed by atoms with van der Waals surface area (Å²) in [5.41, 5.74) is 0. The maximum absolute atomic E-state index is 14.4. The minimum atomic E-state index is -3.39. The fourth-order valence-corrected chi connectivity index (χ4v) is 6.31. The van der Waals surface area contributed by atoms with Gasteiger partial charge < -0.3 is 4.52 Å². The van der Waals surface area contributed by atoms with E-state index in [0.29, 0.717) is 16.4 Å². The van der Waals surface area contributed by atoms with Crippen LogP contribution in [-0.2, 0) is 4.57 Å². The first-order valence-electron chi connectivity index (χ1n) is 10.2. The Morgan fingerprint density at radius 3 is 1.84 bits per heavy atom. The van der Waals surface area contributed by atoms with Crippen LogP contribution < -0.4 is 15.1 Å². The van der Waals surface area contributed by atoms with Crippen molar-refractivity contribution in [1.82, 2.24) is 0 Å². The molecule has 0 unspecified atom stereocenters. The summed E-state index contributed by atoms with van der Waals surface area (Å²) < 4.78 is 20.8. The van der Waals surface area contributed by atoms with Crippen LogP contribution >= 0.6 is 7.37 Å². The highest BCUT2D eigenvalue weighted by Crippen LogP contribution is 2.47. The Morgan fingerprint density at radius 2 is 1.19 bits per heavy atom. The molecule has 0 bridgehead atoms. The highest BCUT2D eigenvalue weighted by molar-refractivity contribution is 7.74. The SMILES string of the molecule is O=P(Oc1c#cc2ccc3cccc4ccc1c2c34)(c1ccccc1)c1ccccc1. The van der Waals surface area contributed by atoms with Gasteiger partial charge in [0.15, 0.2) is 5.75 Å². The van der Waals surface area contributed by atoms with E-state index in [1.165, 1.54) is 5.39 Å². The molecule has 0 radical (unpaired) electrons. The lowest BCUT2D eigenvalue weighted by atomic mass is 9.95. The molecule has 146 valence electrons. The van der Waals surface area contributed by atoms with E-state index in [-0.39, 0.29) is 0 Å². The molecule has 6 rings (SSSR count). The lowest BCUT2D eigenvalue weighted by Crippen LogP contribution is -2.20. The van der Waals surface area contributed by atoms with Gasteiger partial charge >= 0.3 is 7.37 Å². The van der Waals surface area contributed by atoms with Crippen molar-refractivity contribution >= 4 is 50.3 Å². The monoisotopic (exact) mass is 416 g/mol. The zero-order valence-electron chi connectivity index (χ0n) is 16.6. The third kappa shape index (κ3) is 2.79. The smallest absolute Gasteiger partial charge is 0.307 e. The summed E-state index contributed by atoms with van der Waals surface area (Å²) in [5.74, 6) is 0.460. The Morgan fingerprint density at radius 1 is 0.581 bits per heavy atom. The molecular weight excluding hydrogens is 399 g/mol. The van der Waals surface area contributed by atoms with E-state index >= 15 is 0 Å². The molecule has 0 saturated carbocycles. The van der Waals surface area contributed by atoms with Crippen LogP contribution in [0.4, 0.5) is 0 Å². The number of rotatable bonds is 4. The molecule has 6 aromatic rings. The van der Waals surface area contributed by atoms with Crippen LogP contribution in [0.2, 0.25) is 0 Å². The van der Waals surface area contributed by atoms with E-state index in [4.69, 9.17) is 4.52 Å². The van der Waals surface area contributed by atoms with Crippen molar-refractivity contribution in [3.05, 3.63) is 115 Å². The van der Waals surface area contributed by atoms with Crippen molar-refractivity contribution in [2.24, 2.45) is 0 Å². The van der Waals surface area contributed by atoms with Crippen molar-refractivity contribution in [2.75, 3.05) is 0 Å². The van der Waals surface area contributed by atoms with Gasteiger partial charge in [-0.1, -0.05) is 72.8 Å². The fraction of sp³-hybridized carbons (Fsp3) is 0. The lowest BCUT2D eigenvalue weighted by molar-refractivity contribution is 0.505. The summed E-state index contributed by atoms with van der Waals surface area (Å²) in [6, 6.07) is 39.7. The van der Waals surface area contributed by atoms with Crippen LogP contribution in [0.25, 0.3) is 32.3 Å². The van der Waals surface area contributed by atoms with E-state index < -0.39 is 7.37 Å². The van der Waals surface area contributed by atoms with Gasteiger partial charge in [-0.25, -0.2) is 0 Å². The summed E-state index contributed by atoms with van der Waals surface area (Å²) in [7, 11) is -3.39. The summed E-state index contributed by atoms with van der Waals surface area (Å²) in [6.45, 7) is 0. The van der Waals surface area contributed by atoms with Gasteiger partial charge in [0.1, 0.15) is 0 Å². The molecule has 0 fully saturated rings. The van der Waals surface area contributed by atoms with E-state index in [9.17, 15) is 4.57 Å². The standard InChI is InChI=1S/C28H17O2P/c29-31(23-10-3-1-4-11-23,24-12-5-2-6-13-24)30-26-19-17-22-15-14-20-8-7-9-21-16-18-25(26)28(22)27(20)21/h1-16,18H. The van der Waals surface area contributed by atoms with Crippen LogP contribution in [0, 0.1) is 12.1 Å². The van der Waals surface area contributed by atoms with Crippen molar-refractivity contribution in [3.8, 4) is 5.75 Å². The number of hydrogen-bond donors (Lipinski definition) is 0. The lowest BCUT2D eigenvalue weighted by Gasteiger charge is -2.21. The van der Waals surface area contributed by atoms with Gasteiger partial charge in [-0.2, -0.15) is 0 Å². The predicted molar refractivity (Wildman–Crippen MR) is 128 cm³/mol. The molecule has 6 aromatic carbocycles. The van der Waals surface area contributed by atoms with Gasteiger partial charge in [-0.15, -0.1) is 0 Å². The molecule has 0 heterocycles. The maximum atomic E-state index is 14.4. The third-order valence-electron chi connectivity index (χ3n) is 5.74. The number of benzene rings is 5. The average molecular weight is 416 g/mol. The first kappa shape index (κ1) is 18.0. The van der Waals surface area contributed by atoms with E-state index in [1.807, 2.05) is 66.7 Å². The minimum absolute atomic E-state index is 0.460. The van der Waals surface area contributed by atoms with E-state index in [1.54, 1.807) is 0 Å². The molecule has 0 aliphatic carbocycles. The van der Waals surface area contributed by atoms with Crippen molar-refractivity contribution in [2.45, 2.75) is 0 Å². The Balaban J connectivity index is 1.61. The molecule has 0 aromatic heterocycles. The van der Waals surface area contributed by atoms with Gasteiger partial charge in [0.2, 0.25) is 0 Å². The zero-order chi connectivity index (χ0) is 20.8. The molecule has 0 saturated heterocycles. The number of hydrogen-bond acceptors (Lipinski definition) is 2. The van der Waals surface area contributed by atoms with Gasteiger partial charge in [0, 0.05) is 16.2 Å². The minimum Gasteiger partial charge on any atom is -0.427 e.